The Morgan fingerprint density at radius 3 is 2.91 bits per heavy atom. The molecule has 3 atom stereocenters. The second-order valence-corrected chi connectivity index (χ2v) is 10.1. The van der Waals surface area contributed by atoms with Crippen LogP contribution in [0.4, 0.5) is 4.79 Å². The lowest BCUT2D eigenvalue weighted by Gasteiger charge is -2.16. The number of hydrogen-bond donors (Lipinski definition) is 3. The number of hydrogen-bond acceptors (Lipinski definition) is 7. The summed E-state index contributed by atoms with van der Waals surface area (Å²) in [5.74, 6) is 0.417. The Balaban J connectivity index is 1.10. The molecule has 4 rings (SSSR count). The van der Waals surface area contributed by atoms with Gasteiger partial charge in [0.15, 0.2) is 5.58 Å². The molecule has 2 aliphatic heterocycles. The number of thioether (sulfide) groups is 1. The molecule has 1 aromatic carbocycles. The second kappa shape index (κ2) is 11.0. The summed E-state index contributed by atoms with van der Waals surface area (Å²) in [6.07, 6.45) is 4.69. The highest BCUT2D eigenvalue weighted by Crippen LogP contribution is 2.33. The van der Waals surface area contributed by atoms with E-state index < -0.39 is 5.97 Å². The standard InChI is InChI=1S/C23H31N5O5S/c1-14-9-10-17-16(12-14)28(23(31)32-17)11-5-4-7-19(24)27-33-20(29)8-3-2-6-18-21-15(13-34-18)25-22(30)26-21/h9-10,12,15,18,21H,2-8,11,13H2,1H3,(H2,24,27)(H2,25,26,30)/t15-,18-,21-/m0/s1. The zero-order valence-corrected chi connectivity index (χ0v) is 20.1. The van der Waals surface area contributed by atoms with Gasteiger partial charge in [-0.2, -0.15) is 11.8 Å². The predicted molar refractivity (Wildman–Crippen MR) is 131 cm³/mol. The fraction of sp³-hybridized carbons (Fsp3) is 0.565. The van der Waals surface area contributed by atoms with Crippen LogP contribution in [0.2, 0.25) is 0 Å². The van der Waals surface area contributed by atoms with Crippen molar-refractivity contribution in [3.8, 4) is 0 Å². The number of nitrogens with one attached hydrogen (secondary N) is 2. The molecular formula is C23H31N5O5S. The van der Waals surface area contributed by atoms with Crippen LogP contribution in [-0.2, 0) is 16.2 Å². The van der Waals surface area contributed by atoms with E-state index in [9.17, 15) is 14.4 Å². The van der Waals surface area contributed by atoms with E-state index in [1.165, 1.54) is 0 Å². The molecule has 0 aliphatic carbocycles. The molecule has 3 heterocycles. The van der Waals surface area contributed by atoms with E-state index >= 15 is 0 Å². The maximum Gasteiger partial charge on any atom is 0.419 e. The smallest absolute Gasteiger partial charge is 0.408 e. The maximum atomic E-state index is 12.1. The largest absolute Gasteiger partial charge is 0.419 e. The van der Waals surface area contributed by atoms with Gasteiger partial charge in [0.2, 0.25) is 0 Å². The van der Waals surface area contributed by atoms with Crippen molar-refractivity contribution in [2.24, 2.45) is 10.9 Å². The Labute approximate surface area is 201 Å². The van der Waals surface area contributed by atoms with Crippen LogP contribution in [0.3, 0.4) is 0 Å². The van der Waals surface area contributed by atoms with Gasteiger partial charge < -0.3 is 25.6 Å². The molecule has 1 aromatic heterocycles. The van der Waals surface area contributed by atoms with Crippen molar-refractivity contribution in [2.45, 2.75) is 75.7 Å². The Morgan fingerprint density at radius 1 is 1.24 bits per heavy atom. The number of nitrogens with two attached hydrogens (primary N) is 1. The molecule has 10 nitrogen and oxygen atoms in total. The molecule has 11 heteroatoms. The molecule has 4 N–H and O–H groups in total. The Hall–Kier alpha value is -2.95. The van der Waals surface area contributed by atoms with E-state index in [1.54, 1.807) is 10.6 Å². The van der Waals surface area contributed by atoms with E-state index in [1.807, 2.05) is 30.8 Å². The molecule has 0 spiro atoms. The SMILES string of the molecule is Cc1ccc2oc(=O)n(CCCC/C(N)=N\OC(=O)CCCC[C@@H]3SC[C@@H]4NC(=O)N[C@@H]43)c2c1. The summed E-state index contributed by atoms with van der Waals surface area (Å²) in [5, 5.41) is 10.0. The van der Waals surface area contributed by atoms with E-state index in [2.05, 4.69) is 15.8 Å². The summed E-state index contributed by atoms with van der Waals surface area (Å²) in [6, 6.07) is 5.96. The molecule has 34 heavy (non-hydrogen) atoms. The fourth-order valence-electron chi connectivity index (χ4n) is 4.42. The average Bonchev–Trinajstić information content (AvgIpc) is 3.45. The number of carbonyl (C=O) groups excluding carboxylic acids is 2. The van der Waals surface area contributed by atoms with E-state index in [0.29, 0.717) is 43.1 Å². The van der Waals surface area contributed by atoms with Gasteiger partial charge in [0, 0.05) is 30.4 Å². The van der Waals surface area contributed by atoms with E-state index in [4.69, 9.17) is 15.0 Å². The van der Waals surface area contributed by atoms with E-state index in [-0.39, 0.29) is 36.1 Å². The van der Waals surface area contributed by atoms with Gasteiger partial charge in [-0.25, -0.2) is 14.4 Å². The van der Waals surface area contributed by atoms with Crippen molar-refractivity contribution in [2.75, 3.05) is 5.75 Å². The first-order valence-electron chi connectivity index (χ1n) is 11.7. The summed E-state index contributed by atoms with van der Waals surface area (Å²) in [5.41, 5.74) is 8.29. The molecular weight excluding hydrogens is 458 g/mol. The number of amides is 2. The van der Waals surface area contributed by atoms with Crippen LogP contribution < -0.4 is 22.1 Å². The van der Waals surface area contributed by atoms with Gasteiger partial charge in [-0.05, 0) is 50.3 Å². The summed E-state index contributed by atoms with van der Waals surface area (Å²) in [6.45, 7) is 2.49. The van der Waals surface area contributed by atoms with Crippen LogP contribution in [0.25, 0.3) is 11.1 Å². The quantitative estimate of drug-likeness (QED) is 0.110. The zero-order valence-electron chi connectivity index (χ0n) is 19.2. The Morgan fingerprint density at radius 2 is 2.06 bits per heavy atom. The highest BCUT2D eigenvalue weighted by Gasteiger charge is 2.42. The lowest BCUT2D eigenvalue weighted by molar-refractivity contribution is -0.143. The molecule has 0 saturated carbocycles. The third-order valence-corrected chi connectivity index (χ3v) is 7.72. The molecule has 184 valence electrons. The third kappa shape index (κ3) is 5.94. The number of aromatic nitrogens is 1. The average molecular weight is 490 g/mol. The predicted octanol–water partition coefficient (Wildman–Crippen LogP) is 2.61. The number of oxime groups is 1. The van der Waals surface area contributed by atoms with Crippen molar-refractivity contribution in [3.63, 3.8) is 0 Å². The van der Waals surface area contributed by atoms with Crippen LogP contribution in [0, 0.1) is 6.92 Å². The normalized spacial score (nSPS) is 22.0. The number of rotatable bonds is 11. The molecule has 2 fully saturated rings. The number of fused-ring (bicyclic) bond motifs is 2. The van der Waals surface area contributed by atoms with Crippen molar-refractivity contribution in [1.82, 2.24) is 15.2 Å². The van der Waals surface area contributed by atoms with Crippen molar-refractivity contribution < 1.29 is 18.8 Å². The number of aryl methyl sites for hydroxylation is 2. The van der Waals surface area contributed by atoms with Gasteiger partial charge in [0.1, 0.15) is 5.84 Å². The van der Waals surface area contributed by atoms with E-state index in [0.717, 1.165) is 29.7 Å². The highest BCUT2D eigenvalue weighted by atomic mass is 32.2. The maximum absolute atomic E-state index is 12.1. The first kappa shape index (κ1) is 24.2. The Bertz CT molecular complexity index is 1130. The summed E-state index contributed by atoms with van der Waals surface area (Å²) in [4.78, 5) is 40.4. The minimum atomic E-state index is -0.400. The second-order valence-electron chi connectivity index (χ2n) is 8.86. The first-order chi connectivity index (χ1) is 16.4. The van der Waals surface area contributed by atoms with Crippen molar-refractivity contribution in [1.29, 1.82) is 0 Å². The fourth-order valence-corrected chi connectivity index (χ4v) is 5.96. The molecule has 0 unspecified atom stereocenters. The number of urea groups is 1. The van der Waals surface area contributed by atoms with Crippen LogP contribution in [0.5, 0.6) is 0 Å². The number of oxazole rings is 1. The minimum absolute atomic E-state index is 0.0849. The van der Waals surface area contributed by atoms with Crippen LogP contribution >= 0.6 is 11.8 Å². The Kier molecular flexibility index (Phi) is 7.81. The molecule has 0 radical (unpaired) electrons. The topological polar surface area (TPSA) is 141 Å². The van der Waals surface area contributed by atoms with Crippen LogP contribution in [0.15, 0.2) is 32.6 Å². The molecule has 2 aromatic rings. The van der Waals surface area contributed by atoms with Crippen LogP contribution in [-0.4, -0.2) is 45.5 Å². The zero-order chi connectivity index (χ0) is 24.1. The minimum Gasteiger partial charge on any atom is -0.408 e. The van der Waals surface area contributed by atoms with Gasteiger partial charge in [-0.1, -0.05) is 17.6 Å². The number of nitrogens with zero attached hydrogens (tertiary/aromatic N) is 2. The highest BCUT2D eigenvalue weighted by molar-refractivity contribution is 8.00. The van der Waals surface area contributed by atoms with Gasteiger partial charge in [-0.15, -0.1) is 0 Å². The number of unbranched alkanes of at least 4 members (excludes halogenated alkanes) is 2. The van der Waals surface area contributed by atoms with Crippen molar-refractivity contribution >= 4 is 40.7 Å². The first-order valence-corrected chi connectivity index (χ1v) is 12.8. The number of carbonyl (C=O) groups is 2. The number of benzene rings is 1. The van der Waals surface area contributed by atoms with Gasteiger partial charge in [0.25, 0.3) is 0 Å². The van der Waals surface area contributed by atoms with Crippen molar-refractivity contribution in [3.05, 3.63) is 34.3 Å². The van der Waals surface area contributed by atoms with Gasteiger partial charge in [-0.3, -0.25) is 4.57 Å². The monoisotopic (exact) mass is 489 g/mol. The summed E-state index contributed by atoms with van der Waals surface area (Å²) >= 11 is 1.86. The van der Waals surface area contributed by atoms with Gasteiger partial charge in [0.05, 0.1) is 17.6 Å². The molecule has 2 aliphatic rings. The lowest BCUT2D eigenvalue weighted by Crippen LogP contribution is -2.36. The third-order valence-electron chi connectivity index (χ3n) is 6.21. The number of amidine groups is 1. The summed E-state index contributed by atoms with van der Waals surface area (Å²) in [7, 11) is 0. The molecule has 0 bridgehead atoms. The lowest BCUT2D eigenvalue weighted by atomic mass is 10.0. The molecule has 2 amide bonds. The van der Waals surface area contributed by atoms with Gasteiger partial charge >= 0.3 is 17.8 Å². The summed E-state index contributed by atoms with van der Waals surface area (Å²) < 4.78 is 6.89. The molecule has 2 saturated heterocycles. The van der Waals surface area contributed by atoms with Crippen LogP contribution in [0.1, 0.15) is 50.5 Å².